The molecule has 0 saturated carbocycles. The smallest absolute Gasteiger partial charge is 0.337 e. The molecule has 0 aliphatic carbocycles. The first-order valence-corrected chi connectivity index (χ1v) is 9.43. The number of hydrogen-bond acceptors (Lipinski definition) is 8. The topological polar surface area (TPSA) is 99.0 Å². The van der Waals surface area contributed by atoms with Crippen molar-refractivity contribution in [1.82, 2.24) is 25.5 Å². The second-order valence-corrected chi connectivity index (χ2v) is 7.03. The first-order valence-electron chi connectivity index (χ1n) is 7.56. The second-order valence-electron chi connectivity index (χ2n) is 5.06. The van der Waals surface area contributed by atoms with Gasteiger partial charge < -0.3 is 10.1 Å². The highest BCUT2D eigenvalue weighted by Gasteiger charge is 2.12. The Balaban J connectivity index is 1.59. The van der Waals surface area contributed by atoms with E-state index in [0.717, 1.165) is 4.88 Å². The van der Waals surface area contributed by atoms with E-state index in [4.69, 9.17) is 0 Å². The average molecular weight is 389 g/mol. The Bertz CT molecular complexity index is 878. The lowest BCUT2D eigenvalue weighted by Crippen LogP contribution is -2.24. The number of tetrazole rings is 1. The van der Waals surface area contributed by atoms with Gasteiger partial charge in [0.2, 0.25) is 11.1 Å². The van der Waals surface area contributed by atoms with Crippen molar-refractivity contribution < 1.29 is 14.3 Å². The van der Waals surface area contributed by atoms with Gasteiger partial charge >= 0.3 is 5.97 Å². The third-order valence-corrected chi connectivity index (χ3v) is 5.14. The van der Waals surface area contributed by atoms with Crippen LogP contribution in [0, 0.1) is 0 Å². The monoisotopic (exact) mass is 389 g/mol. The molecule has 0 radical (unpaired) electrons. The lowest BCUT2D eigenvalue weighted by atomic mass is 10.2. The number of nitrogens with one attached hydrogen (secondary N) is 1. The number of carbonyl (C=O) groups is 2. The minimum Gasteiger partial charge on any atom is -0.465 e. The van der Waals surface area contributed by atoms with Crippen molar-refractivity contribution in [1.29, 1.82) is 0 Å². The van der Waals surface area contributed by atoms with Gasteiger partial charge in [-0.1, -0.05) is 17.8 Å². The number of esters is 1. The van der Waals surface area contributed by atoms with Gasteiger partial charge in [0, 0.05) is 4.88 Å². The predicted octanol–water partition coefficient (Wildman–Crippen LogP) is 1.92. The molecule has 10 heteroatoms. The van der Waals surface area contributed by atoms with Gasteiger partial charge in [0.05, 0.1) is 30.7 Å². The van der Waals surface area contributed by atoms with Crippen molar-refractivity contribution in [3.63, 3.8) is 0 Å². The fourth-order valence-corrected chi connectivity index (χ4v) is 3.43. The van der Waals surface area contributed by atoms with Gasteiger partial charge in [0.25, 0.3) is 0 Å². The van der Waals surface area contributed by atoms with Crippen LogP contribution in [0.1, 0.15) is 15.2 Å². The van der Waals surface area contributed by atoms with Crippen LogP contribution in [0.25, 0.3) is 5.69 Å². The van der Waals surface area contributed by atoms with Crippen LogP contribution >= 0.6 is 23.1 Å². The number of thiophene rings is 1. The molecule has 0 saturated heterocycles. The Morgan fingerprint density at radius 1 is 1.27 bits per heavy atom. The van der Waals surface area contributed by atoms with Crippen molar-refractivity contribution in [2.24, 2.45) is 0 Å². The highest BCUT2D eigenvalue weighted by Crippen LogP contribution is 2.18. The van der Waals surface area contributed by atoms with E-state index in [2.05, 4.69) is 25.6 Å². The van der Waals surface area contributed by atoms with E-state index >= 15 is 0 Å². The summed E-state index contributed by atoms with van der Waals surface area (Å²) in [4.78, 5) is 24.6. The number of nitrogens with zero attached hydrogens (tertiary/aromatic N) is 4. The summed E-state index contributed by atoms with van der Waals surface area (Å²) in [6.45, 7) is 0.511. The summed E-state index contributed by atoms with van der Waals surface area (Å²) < 4.78 is 6.18. The Labute approximate surface area is 157 Å². The Hall–Kier alpha value is -2.72. The number of benzene rings is 1. The SMILES string of the molecule is COC(=O)c1ccc(-n2nnnc2SCC(=O)NCc2cccs2)cc1. The Morgan fingerprint density at radius 3 is 2.77 bits per heavy atom. The van der Waals surface area contributed by atoms with Crippen molar-refractivity contribution in [3.05, 3.63) is 52.2 Å². The molecule has 1 N–H and O–H groups in total. The van der Waals surface area contributed by atoms with Gasteiger partial charge in [0.1, 0.15) is 0 Å². The number of aromatic nitrogens is 4. The van der Waals surface area contributed by atoms with Crippen LogP contribution in [0.5, 0.6) is 0 Å². The lowest BCUT2D eigenvalue weighted by Gasteiger charge is -2.06. The number of hydrogen-bond donors (Lipinski definition) is 1. The molecular formula is C16H15N5O3S2. The summed E-state index contributed by atoms with van der Waals surface area (Å²) in [5.74, 6) is -0.310. The van der Waals surface area contributed by atoms with E-state index in [1.807, 2.05) is 17.5 Å². The second kappa shape index (κ2) is 8.59. The zero-order chi connectivity index (χ0) is 18.4. The summed E-state index contributed by atoms with van der Waals surface area (Å²) in [6.07, 6.45) is 0. The molecule has 2 aromatic heterocycles. The first kappa shape index (κ1) is 18.1. The number of methoxy groups -OCH3 is 1. The van der Waals surface area contributed by atoms with Gasteiger partial charge in [-0.05, 0) is 46.1 Å². The van der Waals surface area contributed by atoms with Crippen LogP contribution in [0.2, 0.25) is 0 Å². The molecule has 8 nitrogen and oxygen atoms in total. The molecule has 0 spiro atoms. The molecule has 0 aliphatic heterocycles. The van der Waals surface area contributed by atoms with Crippen LogP contribution in [-0.2, 0) is 16.1 Å². The number of amides is 1. The van der Waals surface area contributed by atoms with Crippen molar-refractivity contribution >= 4 is 35.0 Å². The Kier molecular flexibility index (Phi) is 5.97. The summed E-state index contributed by atoms with van der Waals surface area (Å²) in [5, 5.41) is 16.8. The van der Waals surface area contributed by atoms with Gasteiger partial charge in [0.15, 0.2) is 0 Å². The standard InChI is InChI=1S/C16H15N5O3S2/c1-24-15(23)11-4-6-12(7-5-11)21-16(18-19-20-21)26-10-14(22)17-9-13-3-2-8-25-13/h2-8H,9-10H2,1H3,(H,17,22). The molecule has 26 heavy (non-hydrogen) atoms. The van der Waals surface area contributed by atoms with E-state index in [1.165, 1.54) is 23.6 Å². The van der Waals surface area contributed by atoms with E-state index < -0.39 is 5.97 Å². The Morgan fingerprint density at radius 2 is 2.08 bits per heavy atom. The quantitative estimate of drug-likeness (QED) is 0.487. The van der Waals surface area contributed by atoms with E-state index in [0.29, 0.717) is 23.0 Å². The third-order valence-electron chi connectivity index (χ3n) is 3.35. The van der Waals surface area contributed by atoms with Gasteiger partial charge in [-0.3, -0.25) is 4.79 Å². The van der Waals surface area contributed by atoms with Gasteiger partial charge in [-0.25, -0.2) is 4.79 Å². The highest BCUT2D eigenvalue weighted by atomic mass is 32.2. The van der Waals surface area contributed by atoms with Crippen molar-refractivity contribution in [2.45, 2.75) is 11.7 Å². The molecule has 0 fully saturated rings. The van der Waals surface area contributed by atoms with Crippen LogP contribution < -0.4 is 5.32 Å². The maximum atomic E-state index is 12.0. The molecule has 0 unspecified atom stereocenters. The minimum absolute atomic E-state index is 0.0982. The normalized spacial score (nSPS) is 10.5. The predicted molar refractivity (Wildman–Crippen MR) is 97.4 cm³/mol. The molecule has 0 bridgehead atoms. The average Bonchev–Trinajstić information content (AvgIpc) is 3.36. The molecule has 0 atom stereocenters. The molecule has 134 valence electrons. The molecular weight excluding hydrogens is 374 g/mol. The fraction of sp³-hybridized carbons (Fsp3) is 0.188. The van der Waals surface area contributed by atoms with Crippen LogP contribution in [0.15, 0.2) is 46.9 Å². The highest BCUT2D eigenvalue weighted by molar-refractivity contribution is 7.99. The molecule has 1 amide bonds. The van der Waals surface area contributed by atoms with Crippen LogP contribution in [0.3, 0.4) is 0 Å². The largest absolute Gasteiger partial charge is 0.465 e. The zero-order valence-corrected chi connectivity index (χ0v) is 15.4. The van der Waals surface area contributed by atoms with Crippen molar-refractivity contribution in [2.75, 3.05) is 12.9 Å². The van der Waals surface area contributed by atoms with E-state index in [1.54, 1.807) is 35.6 Å². The van der Waals surface area contributed by atoms with E-state index in [-0.39, 0.29) is 11.7 Å². The van der Waals surface area contributed by atoms with Gasteiger partial charge in [-0.15, -0.1) is 16.4 Å². The number of rotatable bonds is 7. The molecule has 1 aromatic carbocycles. The maximum absolute atomic E-state index is 12.0. The summed E-state index contributed by atoms with van der Waals surface area (Å²) in [5.41, 5.74) is 1.12. The molecule has 2 heterocycles. The molecule has 0 aliphatic rings. The first-order chi connectivity index (χ1) is 12.7. The summed E-state index contributed by atoms with van der Waals surface area (Å²) in [6, 6.07) is 10.6. The van der Waals surface area contributed by atoms with E-state index in [9.17, 15) is 9.59 Å². The lowest BCUT2D eigenvalue weighted by molar-refractivity contribution is -0.118. The number of ether oxygens (including phenoxy) is 1. The van der Waals surface area contributed by atoms with Crippen LogP contribution in [-0.4, -0.2) is 44.9 Å². The molecule has 3 rings (SSSR count). The van der Waals surface area contributed by atoms with Crippen LogP contribution in [0.4, 0.5) is 0 Å². The summed E-state index contributed by atoms with van der Waals surface area (Å²) >= 11 is 2.83. The summed E-state index contributed by atoms with van der Waals surface area (Å²) in [7, 11) is 1.33. The minimum atomic E-state index is -0.412. The van der Waals surface area contributed by atoms with Gasteiger partial charge in [-0.2, -0.15) is 4.68 Å². The number of carbonyl (C=O) groups excluding carboxylic acids is 2. The maximum Gasteiger partial charge on any atom is 0.337 e. The fourth-order valence-electron chi connectivity index (χ4n) is 2.07. The molecule has 3 aromatic rings. The zero-order valence-electron chi connectivity index (χ0n) is 13.8. The number of thioether (sulfide) groups is 1. The third kappa shape index (κ3) is 4.46. The van der Waals surface area contributed by atoms with Crippen molar-refractivity contribution in [3.8, 4) is 5.69 Å².